The number of anilines is 2. The predicted octanol–water partition coefficient (Wildman–Crippen LogP) is 3.92. The van der Waals surface area contributed by atoms with Crippen LogP contribution < -0.4 is 10.2 Å². The lowest BCUT2D eigenvalue weighted by atomic mass is 9.81. The first kappa shape index (κ1) is 21.3. The van der Waals surface area contributed by atoms with Gasteiger partial charge in [0, 0.05) is 20.9 Å². The van der Waals surface area contributed by atoms with Crippen LogP contribution in [0.3, 0.4) is 0 Å². The van der Waals surface area contributed by atoms with Gasteiger partial charge in [-0.1, -0.05) is 37.9 Å². The van der Waals surface area contributed by atoms with Crippen molar-refractivity contribution in [3.05, 3.63) is 59.7 Å². The Labute approximate surface area is 200 Å². The van der Waals surface area contributed by atoms with Gasteiger partial charge < -0.3 is 10.4 Å². The molecular weight excluding hydrogens is 544 g/mol. The molecule has 2 aliphatic carbocycles. The number of halogens is 2. The van der Waals surface area contributed by atoms with Crippen LogP contribution in [0.5, 0.6) is 0 Å². The van der Waals surface area contributed by atoms with E-state index in [1.54, 1.807) is 36.4 Å². The molecule has 3 amide bonds. The Morgan fingerprint density at radius 2 is 1.50 bits per heavy atom. The number of hydrogen-bond donors (Lipinski definition) is 2. The lowest BCUT2D eigenvalue weighted by Crippen LogP contribution is -2.37. The smallest absolute Gasteiger partial charge is 0.335 e. The molecule has 0 aromatic heterocycles. The number of benzene rings is 2. The highest BCUT2D eigenvalue weighted by atomic mass is 79.9. The van der Waals surface area contributed by atoms with Crippen LogP contribution in [-0.2, 0) is 9.59 Å². The number of hydrogen-bond acceptors (Lipinski definition) is 4. The van der Waals surface area contributed by atoms with Crippen LogP contribution in [0.2, 0.25) is 0 Å². The Bertz CT molecular complexity index is 1120. The molecule has 2 saturated carbocycles. The van der Waals surface area contributed by atoms with Gasteiger partial charge in [0.2, 0.25) is 11.8 Å². The zero-order chi connectivity index (χ0) is 22.7. The summed E-state index contributed by atoms with van der Waals surface area (Å²) in [5.41, 5.74) is 1.21. The standard InChI is InChI=1S/C23H18Br2N2O5/c24-18-14-9-15(19(18)25)17-16(14)21(29)27(22(17)30)13-6-4-10(5-7-13)20(28)26-12-3-1-2-11(8-12)23(31)32/h1-8,14-19H,9H2,(H,26,28)(H,31,32)/t14-,15-,16-,17-,18+,19+/m1/s1. The van der Waals surface area contributed by atoms with Crippen LogP contribution >= 0.6 is 31.9 Å². The molecule has 3 fully saturated rings. The number of alkyl halides is 2. The Morgan fingerprint density at radius 1 is 0.906 bits per heavy atom. The molecule has 1 saturated heterocycles. The van der Waals surface area contributed by atoms with Crippen LogP contribution in [0.1, 0.15) is 27.1 Å². The summed E-state index contributed by atoms with van der Waals surface area (Å²) in [7, 11) is 0. The SMILES string of the molecule is O=C(O)c1cccc(NC(=O)c2ccc(N3C(=O)[C@@H]4[C@H]5C[C@@H]([C@H](Br)[C@H]5Br)[C@H]4C3=O)cc2)c1. The summed E-state index contributed by atoms with van der Waals surface area (Å²) >= 11 is 7.36. The van der Waals surface area contributed by atoms with Crippen LogP contribution in [0.15, 0.2) is 48.5 Å². The van der Waals surface area contributed by atoms with E-state index in [-0.39, 0.29) is 50.7 Å². The number of amides is 3. The lowest BCUT2D eigenvalue weighted by molar-refractivity contribution is -0.123. The maximum Gasteiger partial charge on any atom is 0.335 e. The van der Waals surface area contributed by atoms with Gasteiger partial charge in [-0.05, 0) is 60.7 Å². The van der Waals surface area contributed by atoms with Crippen LogP contribution in [0, 0.1) is 23.7 Å². The van der Waals surface area contributed by atoms with E-state index in [0.717, 1.165) is 6.42 Å². The van der Waals surface area contributed by atoms with Gasteiger partial charge in [0.15, 0.2) is 0 Å². The summed E-state index contributed by atoms with van der Waals surface area (Å²) in [6.07, 6.45) is 0.870. The van der Waals surface area contributed by atoms with Crippen molar-refractivity contribution in [2.24, 2.45) is 23.7 Å². The number of fused-ring (bicyclic) bond motifs is 5. The zero-order valence-corrected chi connectivity index (χ0v) is 19.7. The number of carboxylic acids is 1. The van der Waals surface area contributed by atoms with Gasteiger partial charge in [-0.3, -0.25) is 19.3 Å². The fourth-order valence-corrected chi connectivity index (χ4v) is 7.17. The van der Waals surface area contributed by atoms with E-state index in [1.165, 1.54) is 17.0 Å². The van der Waals surface area contributed by atoms with Crippen molar-refractivity contribution in [3.63, 3.8) is 0 Å². The number of rotatable bonds is 4. The molecule has 7 nitrogen and oxygen atoms in total. The maximum absolute atomic E-state index is 13.1. The van der Waals surface area contributed by atoms with Crippen molar-refractivity contribution in [1.29, 1.82) is 0 Å². The van der Waals surface area contributed by atoms with Crippen molar-refractivity contribution in [3.8, 4) is 0 Å². The summed E-state index contributed by atoms with van der Waals surface area (Å²) in [5.74, 6) is -2.15. The molecule has 32 heavy (non-hydrogen) atoms. The predicted molar refractivity (Wildman–Crippen MR) is 124 cm³/mol. The van der Waals surface area contributed by atoms with Gasteiger partial charge in [0.05, 0.1) is 23.1 Å². The van der Waals surface area contributed by atoms with Crippen molar-refractivity contribution in [2.75, 3.05) is 10.2 Å². The average Bonchev–Trinajstić information content (AvgIpc) is 3.39. The lowest BCUT2D eigenvalue weighted by Gasteiger charge is -2.28. The molecule has 0 unspecified atom stereocenters. The topological polar surface area (TPSA) is 104 Å². The van der Waals surface area contributed by atoms with Crippen LogP contribution in [0.4, 0.5) is 11.4 Å². The van der Waals surface area contributed by atoms with Gasteiger partial charge in [-0.25, -0.2) is 4.79 Å². The molecule has 1 heterocycles. The molecule has 6 atom stereocenters. The molecule has 2 N–H and O–H groups in total. The molecule has 1 aliphatic heterocycles. The largest absolute Gasteiger partial charge is 0.478 e. The van der Waals surface area contributed by atoms with E-state index in [1.807, 2.05) is 0 Å². The number of nitrogens with one attached hydrogen (secondary N) is 1. The Kier molecular flexibility index (Phi) is 5.21. The highest BCUT2D eigenvalue weighted by Gasteiger charge is 2.66. The number of carbonyl (C=O) groups is 4. The van der Waals surface area contributed by atoms with Gasteiger partial charge in [-0.15, -0.1) is 0 Å². The molecule has 164 valence electrons. The van der Waals surface area contributed by atoms with Gasteiger partial charge in [0.1, 0.15) is 0 Å². The third-order valence-electron chi connectivity index (χ3n) is 6.74. The van der Waals surface area contributed by atoms with Crippen molar-refractivity contribution in [1.82, 2.24) is 0 Å². The molecule has 0 radical (unpaired) electrons. The number of carboxylic acid groups (broad SMARTS) is 1. The zero-order valence-electron chi connectivity index (χ0n) is 16.6. The number of nitrogens with zero attached hydrogens (tertiary/aromatic N) is 1. The van der Waals surface area contributed by atoms with Gasteiger partial charge >= 0.3 is 5.97 Å². The maximum atomic E-state index is 13.1. The van der Waals surface area contributed by atoms with E-state index in [9.17, 15) is 19.2 Å². The molecule has 9 heteroatoms. The van der Waals surface area contributed by atoms with E-state index in [4.69, 9.17) is 5.11 Å². The van der Waals surface area contributed by atoms with E-state index >= 15 is 0 Å². The van der Waals surface area contributed by atoms with E-state index in [0.29, 0.717) is 16.9 Å². The second kappa shape index (κ2) is 7.81. The summed E-state index contributed by atoms with van der Waals surface area (Å²) in [6, 6.07) is 12.3. The normalized spacial score (nSPS) is 30.5. The summed E-state index contributed by atoms with van der Waals surface area (Å²) in [6.45, 7) is 0. The van der Waals surface area contributed by atoms with Crippen LogP contribution in [0.25, 0.3) is 0 Å². The quantitative estimate of drug-likeness (QED) is 0.435. The number of aromatic carboxylic acids is 1. The minimum absolute atomic E-state index is 0.0696. The van der Waals surface area contributed by atoms with Crippen molar-refractivity contribution < 1.29 is 24.3 Å². The highest BCUT2D eigenvalue weighted by molar-refractivity contribution is 9.12. The third-order valence-corrected chi connectivity index (χ3v) is 9.95. The first-order valence-electron chi connectivity index (χ1n) is 10.2. The molecule has 3 aliphatic rings. The first-order chi connectivity index (χ1) is 15.3. The number of carbonyl (C=O) groups excluding carboxylic acids is 3. The van der Waals surface area contributed by atoms with E-state index < -0.39 is 11.9 Å². The molecule has 0 spiro atoms. The minimum Gasteiger partial charge on any atom is -0.478 e. The minimum atomic E-state index is -1.08. The van der Waals surface area contributed by atoms with E-state index in [2.05, 4.69) is 37.2 Å². The summed E-state index contributed by atoms with van der Waals surface area (Å²) in [5, 5.41) is 11.7. The number of imide groups is 1. The van der Waals surface area contributed by atoms with Gasteiger partial charge in [0.25, 0.3) is 5.91 Å². The second-order valence-electron chi connectivity index (χ2n) is 8.40. The molecular formula is C23H18Br2N2O5. The first-order valence-corrected chi connectivity index (χ1v) is 12.0. The van der Waals surface area contributed by atoms with Gasteiger partial charge in [-0.2, -0.15) is 0 Å². The molecule has 2 aromatic rings. The third kappa shape index (κ3) is 3.21. The fourth-order valence-electron chi connectivity index (χ4n) is 5.30. The molecule has 2 aromatic carbocycles. The Balaban J connectivity index is 1.34. The summed E-state index contributed by atoms with van der Waals surface area (Å²) < 4.78 is 0. The van der Waals surface area contributed by atoms with Crippen molar-refractivity contribution >= 4 is 66.9 Å². The highest BCUT2D eigenvalue weighted by Crippen LogP contribution is 2.60. The Hall–Kier alpha value is -2.52. The fraction of sp³-hybridized carbons (Fsp3) is 0.304. The average molecular weight is 562 g/mol. The Morgan fingerprint density at radius 3 is 2.06 bits per heavy atom. The molecule has 2 bridgehead atoms. The van der Waals surface area contributed by atoms with Crippen LogP contribution in [-0.4, -0.2) is 38.5 Å². The summed E-state index contributed by atoms with van der Waals surface area (Å²) in [4.78, 5) is 51.5. The molecule has 5 rings (SSSR count). The van der Waals surface area contributed by atoms with Crippen molar-refractivity contribution in [2.45, 2.75) is 16.1 Å². The second-order valence-corrected chi connectivity index (χ2v) is 10.5. The monoisotopic (exact) mass is 560 g/mol.